The monoisotopic (exact) mass is 346 g/mol. The van der Waals surface area contributed by atoms with E-state index in [1.807, 2.05) is 0 Å². The Balaban J connectivity index is 0.00000264. The number of halogens is 2. The summed E-state index contributed by atoms with van der Waals surface area (Å²) in [5.41, 5.74) is 0.426. The normalized spacial score (nSPS) is 14.3. The second kappa shape index (κ2) is 10.4. The van der Waals surface area contributed by atoms with Gasteiger partial charge in [0.2, 0.25) is 5.91 Å². The van der Waals surface area contributed by atoms with Crippen LogP contribution in [0.4, 0.5) is 10.1 Å². The van der Waals surface area contributed by atoms with Crippen LogP contribution in [-0.4, -0.2) is 38.8 Å². The van der Waals surface area contributed by atoms with Gasteiger partial charge in [0.05, 0.1) is 19.3 Å². The van der Waals surface area contributed by atoms with E-state index in [0.717, 1.165) is 25.7 Å². The van der Waals surface area contributed by atoms with E-state index in [4.69, 9.17) is 9.47 Å². The number of ether oxygens (including phenoxy) is 2. The topological polar surface area (TPSA) is 59.6 Å². The highest BCUT2D eigenvalue weighted by Gasteiger charge is 2.18. The van der Waals surface area contributed by atoms with Crippen LogP contribution in [0.15, 0.2) is 18.2 Å². The predicted octanol–water partition coefficient (Wildman–Crippen LogP) is 2.74. The van der Waals surface area contributed by atoms with Crippen LogP contribution in [0, 0.1) is 5.82 Å². The molecular weight excluding hydrogens is 323 g/mol. The smallest absolute Gasteiger partial charge is 0.238 e. The molecule has 0 bridgehead atoms. The zero-order chi connectivity index (χ0) is 15.8. The first-order valence-corrected chi connectivity index (χ1v) is 7.65. The Hall–Kier alpha value is -1.37. The second-order valence-corrected chi connectivity index (χ2v) is 5.39. The molecule has 2 rings (SSSR count). The molecule has 0 unspecified atom stereocenters. The minimum Gasteiger partial charge on any atom is -0.487 e. The molecular formula is C16H24ClFN2O3. The molecule has 7 heteroatoms. The molecule has 1 aromatic carbocycles. The lowest BCUT2D eigenvalue weighted by Crippen LogP contribution is -2.30. The van der Waals surface area contributed by atoms with Gasteiger partial charge >= 0.3 is 0 Å². The van der Waals surface area contributed by atoms with Crippen LogP contribution >= 0.6 is 12.4 Å². The number of amides is 1. The number of anilines is 1. The van der Waals surface area contributed by atoms with Gasteiger partial charge in [0, 0.05) is 25.4 Å². The largest absolute Gasteiger partial charge is 0.487 e. The summed E-state index contributed by atoms with van der Waals surface area (Å²) < 4.78 is 24.5. The third-order valence-corrected chi connectivity index (χ3v) is 3.58. The standard InChI is InChI=1S/C16H23FN2O3.ClH/c1-21-9-8-18-11-16(20)19-12-6-7-15(14(17)10-12)22-13-4-2-3-5-13;/h6-7,10,13,18H,2-5,8-9,11H2,1H3,(H,19,20);1H. The van der Waals surface area contributed by atoms with Gasteiger partial charge in [-0.3, -0.25) is 4.79 Å². The highest BCUT2D eigenvalue weighted by atomic mass is 35.5. The van der Waals surface area contributed by atoms with Crippen LogP contribution < -0.4 is 15.4 Å². The Kier molecular flexibility index (Phi) is 8.91. The van der Waals surface area contributed by atoms with Gasteiger partial charge in [-0.15, -0.1) is 12.4 Å². The summed E-state index contributed by atoms with van der Waals surface area (Å²) in [6.45, 7) is 1.28. The number of carbonyl (C=O) groups excluding carboxylic acids is 1. The van der Waals surface area contributed by atoms with Crippen molar-refractivity contribution < 1.29 is 18.7 Å². The van der Waals surface area contributed by atoms with Gasteiger partial charge in [-0.2, -0.15) is 0 Å². The average molecular weight is 347 g/mol. The van der Waals surface area contributed by atoms with Gasteiger partial charge in [-0.05, 0) is 37.8 Å². The van der Waals surface area contributed by atoms with E-state index in [1.165, 1.54) is 6.07 Å². The van der Waals surface area contributed by atoms with Gasteiger partial charge in [0.15, 0.2) is 11.6 Å². The van der Waals surface area contributed by atoms with Crippen molar-refractivity contribution in [1.29, 1.82) is 0 Å². The molecule has 130 valence electrons. The summed E-state index contributed by atoms with van der Waals surface area (Å²) in [6.07, 6.45) is 4.34. The van der Waals surface area contributed by atoms with E-state index in [-0.39, 0.29) is 36.7 Å². The van der Waals surface area contributed by atoms with E-state index >= 15 is 0 Å². The zero-order valence-electron chi connectivity index (χ0n) is 13.3. The van der Waals surface area contributed by atoms with Crippen LogP contribution in [-0.2, 0) is 9.53 Å². The molecule has 0 heterocycles. The number of nitrogens with one attached hydrogen (secondary N) is 2. The van der Waals surface area contributed by atoms with Crippen molar-refractivity contribution in [2.24, 2.45) is 0 Å². The molecule has 1 aliphatic rings. The van der Waals surface area contributed by atoms with Crippen LogP contribution in [0.25, 0.3) is 0 Å². The molecule has 0 radical (unpaired) electrons. The number of hydrogen-bond acceptors (Lipinski definition) is 4. The Labute approximate surface area is 142 Å². The van der Waals surface area contributed by atoms with Crippen molar-refractivity contribution in [2.45, 2.75) is 31.8 Å². The first kappa shape index (κ1) is 19.7. The maximum absolute atomic E-state index is 14.0. The first-order valence-electron chi connectivity index (χ1n) is 7.65. The number of rotatable bonds is 8. The second-order valence-electron chi connectivity index (χ2n) is 5.39. The first-order chi connectivity index (χ1) is 10.7. The van der Waals surface area contributed by atoms with Crippen LogP contribution in [0.1, 0.15) is 25.7 Å². The highest BCUT2D eigenvalue weighted by Crippen LogP contribution is 2.27. The third kappa shape index (κ3) is 6.72. The molecule has 0 aromatic heterocycles. The molecule has 5 nitrogen and oxygen atoms in total. The van der Waals surface area contributed by atoms with Gasteiger partial charge in [-0.1, -0.05) is 0 Å². The third-order valence-electron chi connectivity index (χ3n) is 3.58. The minimum atomic E-state index is -0.447. The fourth-order valence-corrected chi connectivity index (χ4v) is 2.44. The van der Waals surface area contributed by atoms with E-state index in [2.05, 4.69) is 10.6 Å². The number of benzene rings is 1. The molecule has 2 N–H and O–H groups in total. The van der Waals surface area contributed by atoms with Crippen LogP contribution in [0.5, 0.6) is 5.75 Å². The van der Waals surface area contributed by atoms with E-state index in [9.17, 15) is 9.18 Å². The number of carbonyl (C=O) groups is 1. The summed E-state index contributed by atoms with van der Waals surface area (Å²) in [5.74, 6) is -0.417. The summed E-state index contributed by atoms with van der Waals surface area (Å²) in [7, 11) is 1.60. The summed E-state index contributed by atoms with van der Waals surface area (Å²) >= 11 is 0. The van der Waals surface area contributed by atoms with Crippen LogP contribution in [0.3, 0.4) is 0 Å². The lowest BCUT2D eigenvalue weighted by atomic mass is 10.2. The lowest BCUT2D eigenvalue weighted by Gasteiger charge is -2.14. The van der Waals surface area contributed by atoms with E-state index < -0.39 is 5.82 Å². The molecule has 1 fully saturated rings. The quantitative estimate of drug-likeness (QED) is 0.711. The average Bonchev–Trinajstić information content (AvgIpc) is 2.99. The molecule has 1 amide bonds. The zero-order valence-corrected chi connectivity index (χ0v) is 14.1. The molecule has 1 aliphatic carbocycles. The Morgan fingerprint density at radius 1 is 1.35 bits per heavy atom. The molecule has 0 atom stereocenters. The maximum Gasteiger partial charge on any atom is 0.238 e. The Bertz CT molecular complexity index is 496. The predicted molar refractivity (Wildman–Crippen MR) is 89.9 cm³/mol. The van der Waals surface area contributed by atoms with Crippen molar-refractivity contribution in [3.63, 3.8) is 0 Å². The van der Waals surface area contributed by atoms with Crippen molar-refractivity contribution >= 4 is 24.0 Å². The molecule has 23 heavy (non-hydrogen) atoms. The minimum absolute atomic E-state index is 0. The molecule has 0 aliphatic heterocycles. The van der Waals surface area contributed by atoms with Gasteiger partial charge in [0.25, 0.3) is 0 Å². The number of methoxy groups -OCH3 is 1. The molecule has 1 aromatic rings. The molecule has 0 saturated heterocycles. The molecule has 0 spiro atoms. The van der Waals surface area contributed by atoms with Crippen molar-refractivity contribution in [3.8, 4) is 5.75 Å². The highest BCUT2D eigenvalue weighted by molar-refractivity contribution is 5.92. The maximum atomic E-state index is 14.0. The van der Waals surface area contributed by atoms with Crippen molar-refractivity contribution in [3.05, 3.63) is 24.0 Å². The lowest BCUT2D eigenvalue weighted by molar-refractivity contribution is -0.115. The van der Waals surface area contributed by atoms with Gasteiger partial charge in [-0.25, -0.2) is 4.39 Å². The fraction of sp³-hybridized carbons (Fsp3) is 0.562. The van der Waals surface area contributed by atoms with Crippen molar-refractivity contribution in [2.75, 3.05) is 32.1 Å². The van der Waals surface area contributed by atoms with E-state index in [1.54, 1.807) is 19.2 Å². The van der Waals surface area contributed by atoms with E-state index in [0.29, 0.717) is 18.8 Å². The van der Waals surface area contributed by atoms with Gasteiger partial charge < -0.3 is 20.1 Å². The van der Waals surface area contributed by atoms with Crippen LogP contribution in [0.2, 0.25) is 0 Å². The molecule has 1 saturated carbocycles. The summed E-state index contributed by atoms with van der Waals surface area (Å²) in [5, 5.41) is 5.57. The number of hydrogen-bond donors (Lipinski definition) is 2. The Morgan fingerprint density at radius 3 is 2.74 bits per heavy atom. The van der Waals surface area contributed by atoms with Gasteiger partial charge in [0.1, 0.15) is 0 Å². The Morgan fingerprint density at radius 2 is 2.09 bits per heavy atom. The fourth-order valence-electron chi connectivity index (χ4n) is 2.44. The summed E-state index contributed by atoms with van der Waals surface area (Å²) in [4.78, 5) is 11.7. The van der Waals surface area contributed by atoms with Crippen molar-refractivity contribution in [1.82, 2.24) is 5.32 Å². The SMILES string of the molecule is COCCNCC(=O)Nc1ccc(OC2CCCC2)c(F)c1.Cl. The summed E-state index contributed by atoms with van der Waals surface area (Å²) in [6, 6.07) is 4.51.